The van der Waals surface area contributed by atoms with Crippen LogP contribution in [0.25, 0.3) is 10.9 Å². The minimum absolute atomic E-state index is 0.0444. The fourth-order valence-electron chi connectivity index (χ4n) is 3.65. The van der Waals surface area contributed by atoms with Crippen molar-refractivity contribution >= 4 is 22.5 Å². The van der Waals surface area contributed by atoms with Gasteiger partial charge in [0.05, 0.1) is 12.6 Å². The maximum absolute atomic E-state index is 12.9. The number of aliphatic hydroxyl groups excluding tert-OH is 1. The highest BCUT2D eigenvalue weighted by molar-refractivity contribution is 5.98. The van der Waals surface area contributed by atoms with Crippen LogP contribution in [-0.4, -0.2) is 41.2 Å². The largest absolute Gasteiger partial charge is 0.394 e. The third-order valence-electron chi connectivity index (χ3n) is 4.67. The minimum Gasteiger partial charge on any atom is -0.394 e. The fourth-order valence-corrected chi connectivity index (χ4v) is 3.65. The molecule has 0 unspecified atom stereocenters. The third-order valence-corrected chi connectivity index (χ3v) is 4.67. The molecule has 24 heavy (non-hydrogen) atoms. The Kier molecular flexibility index (Phi) is 4.62. The first-order chi connectivity index (χ1) is 11.6. The lowest BCUT2D eigenvalue weighted by Crippen LogP contribution is -2.53. The minimum atomic E-state index is -0.316. The molecule has 0 aliphatic carbocycles. The summed E-state index contributed by atoms with van der Waals surface area (Å²) in [5.41, 5.74) is 3.19. The molecule has 0 spiro atoms. The molecule has 1 aliphatic heterocycles. The quantitative estimate of drug-likeness (QED) is 0.754. The average Bonchev–Trinajstić information content (AvgIpc) is 2.97. The van der Waals surface area contributed by atoms with Crippen molar-refractivity contribution in [3.63, 3.8) is 0 Å². The number of nitrogens with one attached hydrogen (secondary N) is 2. The number of carbonyl (C=O) groups is 1. The van der Waals surface area contributed by atoms with Gasteiger partial charge in [0.25, 0.3) is 0 Å². The standard InChI is InChI=1S/C19H25N3O2/c1-4-8-22-16-7-5-6-15-17(16)13(10-20-15)9-14(11-23)21-19(24)18(22)12(2)3/h4-7,10,12,14,18,20,23H,1,8-9,11H2,2-3H3,(H,21,24)/t14-,18+/m0/s1. The molecule has 0 saturated heterocycles. The SMILES string of the molecule is C=CCN1c2cccc3[nH]cc(c23)C[C@@H](CO)NC(=O)[C@H]1C(C)C. The Bertz CT molecular complexity index is 750. The van der Waals surface area contributed by atoms with Gasteiger partial charge in [-0.1, -0.05) is 26.0 Å². The second-order valence-corrected chi connectivity index (χ2v) is 6.74. The molecule has 0 saturated carbocycles. The summed E-state index contributed by atoms with van der Waals surface area (Å²) in [5.74, 6) is 0.0806. The van der Waals surface area contributed by atoms with Crippen LogP contribution in [0.4, 0.5) is 5.69 Å². The highest BCUT2D eigenvalue weighted by Crippen LogP contribution is 2.34. The molecule has 3 N–H and O–H groups in total. The normalized spacial score (nSPS) is 21.3. The fraction of sp³-hybridized carbons (Fsp3) is 0.421. The lowest BCUT2D eigenvalue weighted by atomic mass is 9.99. The van der Waals surface area contributed by atoms with E-state index in [0.29, 0.717) is 13.0 Å². The summed E-state index contributed by atoms with van der Waals surface area (Å²) in [4.78, 5) is 18.3. The van der Waals surface area contributed by atoms with Gasteiger partial charge < -0.3 is 20.3 Å². The summed E-state index contributed by atoms with van der Waals surface area (Å²) in [6.07, 6.45) is 4.41. The molecule has 0 radical (unpaired) electrons. The molecule has 0 fully saturated rings. The number of hydrogen-bond acceptors (Lipinski definition) is 3. The van der Waals surface area contributed by atoms with Crippen LogP contribution in [0.3, 0.4) is 0 Å². The first-order valence-corrected chi connectivity index (χ1v) is 8.44. The van der Waals surface area contributed by atoms with Gasteiger partial charge in [-0.05, 0) is 30.0 Å². The Balaban J connectivity index is 2.24. The number of H-pyrrole nitrogens is 1. The Labute approximate surface area is 142 Å². The molecular formula is C19H25N3O2. The van der Waals surface area contributed by atoms with Crippen molar-refractivity contribution in [3.8, 4) is 0 Å². The van der Waals surface area contributed by atoms with Crippen molar-refractivity contribution < 1.29 is 9.90 Å². The van der Waals surface area contributed by atoms with Crippen LogP contribution >= 0.6 is 0 Å². The number of benzene rings is 1. The molecule has 1 aliphatic rings. The topological polar surface area (TPSA) is 68.4 Å². The van der Waals surface area contributed by atoms with E-state index in [4.69, 9.17) is 0 Å². The van der Waals surface area contributed by atoms with Gasteiger partial charge in [-0.2, -0.15) is 0 Å². The van der Waals surface area contributed by atoms with Crippen molar-refractivity contribution in [1.29, 1.82) is 0 Å². The smallest absolute Gasteiger partial charge is 0.243 e. The summed E-state index contributed by atoms with van der Waals surface area (Å²) < 4.78 is 0. The molecule has 0 bridgehead atoms. The number of carbonyl (C=O) groups excluding carboxylic acids is 1. The van der Waals surface area contributed by atoms with E-state index in [-0.39, 0.29) is 30.5 Å². The Hall–Kier alpha value is -2.27. The first kappa shape index (κ1) is 16.6. The predicted molar refractivity (Wildman–Crippen MR) is 97.2 cm³/mol. The number of aromatic amines is 1. The van der Waals surface area contributed by atoms with Crippen LogP contribution in [-0.2, 0) is 11.2 Å². The van der Waals surface area contributed by atoms with Crippen LogP contribution in [0.15, 0.2) is 37.1 Å². The molecule has 5 heteroatoms. The molecule has 1 amide bonds. The van der Waals surface area contributed by atoms with E-state index in [1.807, 2.05) is 38.3 Å². The zero-order valence-electron chi connectivity index (χ0n) is 14.2. The van der Waals surface area contributed by atoms with E-state index >= 15 is 0 Å². The number of rotatable bonds is 4. The van der Waals surface area contributed by atoms with E-state index in [1.165, 1.54) is 0 Å². The van der Waals surface area contributed by atoms with Crippen molar-refractivity contribution in [2.45, 2.75) is 32.4 Å². The Morgan fingerprint density at radius 2 is 2.25 bits per heavy atom. The monoisotopic (exact) mass is 327 g/mol. The molecule has 1 aromatic carbocycles. The maximum atomic E-state index is 12.9. The van der Waals surface area contributed by atoms with Crippen molar-refractivity contribution in [2.75, 3.05) is 18.1 Å². The van der Waals surface area contributed by atoms with Gasteiger partial charge >= 0.3 is 0 Å². The van der Waals surface area contributed by atoms with E-state index in [0.717, 1.165) is 22.2 Å². The molecule has 128 valence electrons. The molecule has 5 nitrogen and oxygen atoms in total. The maximum Gasteiger partial charge on any atom is 0.243 e. The summed E-state index contributed by atoms with van der Waals surface area (Å²) >= 11 is 0. The van der Waals surface area contributed by atoms with Crippen LogP contribution in [0.1, 0.15) is 19.4 Å². The van der Waals surface area contributed by atoms with E-state index in [1.54, 1.807) is 0 Å². The van der Waals surface area contributed by atoms with Crippen LogP contribution in [0.2, 0.25) is 0 Å². The Morgan fingerprint density at radius 3 is 2.92 bits per heavy atom. The second-order valence-electron chi connectivity index (χ2n) is 6.74. The van der Waals surface area contributed by atoms with Gasteiger partial charge in [-0.15, -0.1) is 6.58 Å². The van der Waals surface area contributed by atoms with Gasteiger partial charge in [0, 0.05) is 29.3 Å². The van der Waals surface area contributed by atoms with E-state index in [9.17, 15) is 9.90 Å². The zero-order chi connectivity index (χ0) is 17.3. The molecular weight excluding hydrogens is 302 g/mol. The van der Waals surface area contributed by atoms with E-state index in [2.05, 4.69) is 27.8 Å². The molecule has 2 aromatic rings. The Morgan fingerprint density at radius 1 is 1.46 bits per heavy atom. The van der Waals surface area contributed by atoms with Crippen LogP contribution < -0.4 is 10.2 Å². The molecule has 3 rings (SSSR count). The summed E-state index contributed by atoms with van der Waals surface area (Å²) in [6.45, 7) is 8.47. The molecule has 1 aromatic heterocycles. The number of aromatic nitrogens is 1. The number of aliphatic hydroxyl groups is 1. The molecule has 2 heterocycles. The zero-order valence-corrected chi connectivity index (χ0v) is 14.2. The van der Waals surface area contributed by atoms with Gasteiger partial charge in [-0.3, -0.25) is 4.79 Å². The first-order valence-electron chi connectivity index (χ1n) is 8.44. The van der Waals surface area contributed by atoms with Gasteiger partial charge in [-0.25, -0.2) is 0 Å². The predicted octanol–water partition coefficient (Wildman–Crippen LogP) is 2.22. The van der Waals surface area contributed by atoms with Crippen molar-refractivity contribution in [1.82, 2.24) is 10.3 Å². The highest BCUT2D eigenvalue weighted by atomic mass is 16.3. The van der Waals surface area contributed by atoms with Gasteiger partial charge in [0.1, 0.15) is 6.04 Å². The van der Waals surface area contributed by atoms with Crippen LogP contribution in [0, 0.1) is 5.92 Å². The molecule has 2 atom stereocenters. The van der Waals surface area contributed by atoms with Gasteiger partial charge in [0.2, 0.25) is 5.91 Å². The summed E-state index contributed by atoms with van der Waals surface area (Å²) in [5, 5.41) is 13.8. The number of anilines is 1. The van der Waals surface area contributed by atoms with Crippen LogP contribution in [0.5, 0.6) is 0 Å². The van der Waals surface area contributed by atoms with Crippen molar-refractivity contribution in [3.05, 3.63) is 42.6 Å². The lowest BCUT2D eigenvalue weighted by Gasteiger charge is -2.35. The number of hydrogen-bond donors (Lipinski definition) is 3. The lowest BCUT2D eigenvalue weighted by molar-refractivity contribution is -0.124. The van der Waals surface area contributed by atoms with Gasteiger partial charge in [0.15, 0.2) is 0 Å². The number of nitrogens with zero attached hydrogens (tertiary/aromatic N) is 1. The van der Waals surface area contributed by atoms with Crippen molar-refractivity contribution in [2.24, 2.45) is 5.92 Å². The second kappa shape index (κ2) is 6.69. The summed E-state index contributed by atoms with van der Waals surface area (Å²) in [6, 6.07) is 5.51. The summed E-state index contributed by atoms with van der Waals surface area (Å²) in [7, 11) is 0. The highest BCUT2D eigenvalue weighted by Gasteiger charge is 2.33. The van der Waals surface area contributed by atoms with E-state index < -0.39 is 0 Å². The third kappa shape index (κ3) is 2.80. The average molecular weight is 327 g/mol. The number of amides is 1.